The molecule has 0 aromatic rings. The summed E-state index contributed by atoms with van der Waals surface area (Å²) in [5.74, 6) is -2.05. The number of carbonyl (C=O) groups is 3. The van der Waals surface area contributed by atoms with E-state index in [9.17, 15) is 19.5 Å². The molecule has 0 amide bonds. The highest BCUT2D eigenvalue weighted by molar-refractivity contribution is 5.71. The average Bonchev–Trinajstić information content (AvgIpc) is 3.40. The van der Waals surface area contributed by atoms with E-state index in [1.165, 1.54) is 64.2 Å². The molecule has 2 atom stereocenters. The van der Waals surface area contributed by atoms with E-state index in [1.54, 1.807) is 0 Å². The topological polar surface area (TPSA) is 108 Å². The minimum Gasteiger partial charge on any atom is -0.477 e. The van der Waals surface area contributed by atoms with Crippen molar-refractivity contribution in [1.29, 1.82) is 0 Å². The molecule has 0 aliphatic carbocycles. The van der Waals surface area contributed by atoms with Gasteiger partial charge in [-0.15, -0.1) is 0 Å². The molecule has 2 unspecified atom stereocenters. The predicted molar refractivity (Wildman–Crippen MR) is 327 cm³/mol. The number of nitrogens with zero attached hydrogens (tertiary/aromatic N) is 1. The van der Waals surface area contributed by atoms with Crippen LogP contribution in [-0.2, 0) is 33.3 Å². The second-order valence-electron chi connectivity index (χ2n) is 20.9. The van der Waals surface area contributed by atoms with E-state index in [-0.39, 0.29) is 38.6 Å². The van der Waals surface area contributed by atoms with Gasteiger partial charge in [0.05, 0.1) is 34.4 Å². The normalized spacial score (nSPS) is 13.7. The summed E-state index contributed by atoms with van der Waals surface area (Å²) >= 11 is 0. The van der Waals surface area contributed by atoms with Crippen LogP contribution in [0.25, 0.3) is 0 Å². The lowest BCUT2D eigenvalue weighted by atomic mass is 10.0. The molecule has 0 heterocycles. The maximum atomic E-state index is 12.9. The molecule has 0 fully saturated rings. The Hall–Kier alpha value is -4.57. The predicted octanol–water partition coefficient (Wildman–Crippen LogP) is 18.2. The average molecular weight is 1070 g/mol. The van der Waals surface area contributed by atoms with Gasteiger partial charge < -0.3 is 28.5 Å². The number of ether oxygens (including phenoxy) is 4. The van der Waals surface area contributed by atoms with Gasteiger partial charge in [0.25, 0.3) is 6.29 Å². The molecule has 0 saturated carbocycles. The maximum Gasteiger partial charge on any atom is 0.361 e. The van der Waals surface area contributed by atoms with Gasteiger partial charge in [0.1, 0.15) is 13.2 Å². The third-order valence-electron chi connectivity index (χ3n) is 12.4. The van der Waals surface area contributed by atoms with Gasteiger partial charge in [-0.25, -0.2) is 4.79 Å². The van der Waals surface area contributed by atoms with Gasteiger partial charge >= 0.3 is 17.9 Å². The zero-order valence-electron chi connectivity index (χ0n) is 49.6. The Morgan fingerprint density at radius 3 is 1.04 bits per heavy atom. The van der Waals surface area contributed by atoms with E-state index in [1.807, 2.05) is 21.1 Å². The van der Waals surface area contributed by atoms with Gasteiger partial charge in [0.15, 0.2) is 6.10 Å². The van der Waals surface area contributed by atoms with Crippen molar-refractivity contribution in [1.82, 2.24) is 0 Å². The van der Waals surface area contributed by atoms with E-state index >= 15 is 0 Å². The van der Waals surface area contributed by atoms with Crippen LogP contribution in [0.4, 0.5) is 0 Å². The summed E-state index contributed by atoms with van der Waals surface area (Å²) in [4.78, 5) is 37.5. The summed E-state index contributed by atoms with van der Waals surface area (Å²) in [5.41, 5.74) is 0. The van der Waals surface area contributed by atoms with E-state index in [4.69, 9.17) is 18.9 Å². The van der Waals surface area contributed by atoms with Crippen molar-refractivity contribution in [3.8, 4) is 0 Å². The second kappa shape index (κ2) is 57.6. The van der Waals surface area contributed by atoms with Gasteiger partial charge in [-0.1, -0.05) is 231 Å². The number of aliphatic carboxylic acids is 1. The fourth-order valence-corrected chi connectivity index (χ4v) is 7.81. The van der Waals surface area contributed by atoms with Crippen LogP contribution in [0.15, 0.2) is 134 Å². The van der Waals surface area contributed by atoms with Crippen molar-refractivity contribution in [2.75, 3.05) is 47.5 Å². The quantitative estimate of drug-likeness (QED) is 0.0211. The van der Waals surface area contributed by atoms with Crippen molar-refractivity contribution in [3.63, 3.8) is 0 Å². The number of carboxylic acids is 1. The number of unbranched alkanes of at least 4 members (excludes halogenated alkanes) is 17. The number of hydrogen-bond acceptors (Lipinski definition) is 7. The van der Waals surface area contributed by atoms with Crippen molar-refractivity contribution in [3.05, 3.63) is 134 Å². The number of rotatable bonds is 54. The van der Waals surface area contributed by atoms with Crippen molar-refractivity contribution in [2.24, 2.45) is 0 Å². The molecule has 0 aromatic heterocycles. The van der Waals surface area contributed by atoms with Gasteiger partial charge in [-0.05, 0) is 109 Å². The molecular weight excluding hydrogens is 959 g/mol. The van der Waals surface area contributed by atoms with Gasteiger partial charge in [0.2, 0.25) is 0 Å². The molecule has 77 heavy (non-hydrogen) atoms. The van der Waals surface area contributed by atoms with Crippen molar-refractivity contribution >= 4 is 17.9 Å². The van der Waals surface area contributed by atoms with Crippen LogP contribution in [0.5, 0.6) is 0 Å². The van der Waals surface area contributed by atoms with E-state index in [0.717, 1.165) is 122 Å². The van der Waals surface area contributed by atoms with Gasteiger partial charge in [0, 0.05) is 12.8 Å². The Kier molecular flexibility index (Phi) is 54.2. The standard InChI is InChI=1S/C68H111NO8/c1-6-8-10-12-14-16-18-20-22-24-26-28-30-32-33-35-37-39-41-43-45-47-49-51-53-55-57-59-66(71)77-64(63-76-68(67(72)73)74-61-60-69(3,4)5)62-75-65(70)58-56-54-52-50-48-46-44-42-40-38-36-34-31-29-27-25-23-21-19-17-15-13-11-9-7-2/h8-11,14-17,20-23,26-29,32-33,37,39,43,45,64,68H,6-7,12-13,18-19,24-25,30-31,34-36,38,40-42,44,46-63H2,1-5H3/p+1/b10-8-,11-9-,16-14-,17-15-,22-20-,23-21-,28-26-,29-27-,33-32-,39-37-,45-43-. The first-order valence-corrected chi connectivity index (χ1v) is 30.3. The molecule has 0 aliphatic rings. The van der Waals surface area contributed by atoms with Crippen LogP contribution in [0.3, 0.4) is 0 Å². The van der Waals surface area contributed by atoms with Crippen molar-refractivity contribution in [2.45, 2.75) is 232 Å². The van der Waals surface area contributed by atoms with Crippen LogP contribution < -0.4 is 0 Å². The molecular formula is C68H112NO8+. The van der Waals surface area contributed by atoms with Crippen LogP contribution in [0.1, 0.15) is 219 Å². The number of likely N-dealkylation sites (N-methyl/N-ethyl adjacent to an activating group) is 1. The lowest BCUT2D eigenvalue weighted by Gasteiger charge is -2.25. The van der Waals surface area contributed by atoms with Gasteiger partial charge in [-0.3, -0.25) is 9.59 Å². The molecule has 0 spiro atoms. The first kappa shape index (κ1) is 72.4. The Balaban J connectivity index is 4.31. The van der Waals surface area contributed by atoms with E-state index < -0.39 is 24.3 Å². The Morgan fingerprint density at radius 2 is 0.701 bits per heavy atom. The summed E-state index contributed by atoms with van der Waals surface area (Å²) in [6, 6.07) is 0. The van der Waals surface area contributed by atoms with Crippen LogP contribution in [-0.4, -0.2) is 87.4 Å². The van der Waals surface area contributed by atoms with Crippen LogP contribution in [0, 0.1) is 0 Å². The molecule has 0 bridgehead atoms. The molecule has 1 N–H and O–H groups in total. The number of carboxylic acid groups (broad SMARTS) is 1. The number of quaternary nitrogens is 1. The summed E-state index contributed by atoms with van der Waals surface area (Å²) in [6.07, 6.45) is 79.5. The molecule has 0 aliphatic heterocycles. The fraction of sp³-hybridized carbons (Fsp3) is 0.632. The van der Waals surface area contributed by atoms with E-state index in [0.29, 0.717) is 17.4 Å². The number of carbonyl (C=O) groups excluding carboxylic acids is 2. The lowest BCUT2D eigenvalue weighted by Crippen LogP contribution is -2.40. The minimum absolute atomic E-state index is 0.176. The third kappa shape index (κ3) is 58.9. The number of esters is 2. The minimum atomic E-state index is -1.53. The SMILES string of the molecule is CC/C=C\C/C=C\C/C=C\C/C=C\C/C=C\C/C=C\C/C=C\CCCCCCCC(=O)OC(COC(=O)CCCCCCCCCCCCCC/C=C\C/C=C\C/C=C\C/C=C\CC)COC(OCC[N+](C)(C)C)C(=O)O. The van der Waals surface area contributed by atoms with E-state index in [2.05, 4.69) is 148 Å². The Morgan fingerprint density at radius 1 is 0.390 bits per heavy atom. The smallest absolute Gasteiger partial charge is 0.361 e. The molecule has 0 radical (unpaired) electrons. The first-order chi connectivity index (χ1) is 37.6. The molecule has 436 valence electrons. The monoisotopic (exact) mass is 1070 g/mol. The summed E-state index contributed by atoms with van der Waals surface area (Å²) in [5, 5.41) is 9.72. The molecule has 9 nitrogen and oxygen atoms in total. The first-order valence-electron chi connectivity index (χ1n) is 30.3. The van der Waals surface area contributed by atoms with Crippen molar-refractivity contribution < 1.29 is 42.9 Å². The maximum absolute atomic E-state index is 12.9. The fourth-order valence-electron chi connectivity index (χ4n) is 7.81. The largest absolute Gasteiger partial charge is 0.477 e. The molecule has 0 aromatic carbocycles. The Labute approximate surface area is 471 Å². The third-order valence-corrected chi connectivity index (χ3v) is 12.4. The molecule has 9 heteroatoms. The molecule has 0 saturated heterocycles. The Bertz CT molecular complexity index is 1720. The highest BCUT2D eigenvalue weighted by Crippen LogP contribution is 2.15. The zero-order chi connectivity index (χ0) is 56.2. The van der Waals surface area contributed by atoms with Crippen LogP contribution >= 0.6 is 0 Å². The second-order valence-corrected chi connectivity index (χ2v) is 20.9. The number of hydrogen-bond donors (Lipinski definition) is 1. The molecule has 0 rings (SSSR count). The number of allylic oxidation sites excluding steroid dienone is 22. The highest BCUT2D eigenvalue weighted by Gasteiger charge is 2.25. The summed E-state index contributed by atoms with van der Waals surface area (Å²) in [6.45, 7) is 4.61. The highest BCUT2D eigenvalue weighted by atomic mass is 16.7. The lowest BCUT2D eigenvalue weighted by molar-refractivity contribution is -0.870. The summed E-state index contributed by atoms with van der Waals surface area (Å²) < 4.78 is 22.9. The van der Waals surface area contributed by atoms with Gasteiger partial charge in [-0.2, -0.15) is 0 Å². The van der Waals surface area contributed by atoms with Crippen LogP contribution in [0.2, 0.25) is 0 Å². The summed E-state index contributed by atoms with van der Waals surface area (Å²) in [7, 11) is 5.95. The zero-order valence-corrected chi connectivity index (χ0v) is 49.6.